The topological polar surface area (TPSA) is 98.1 Å². The molecule has 2 heterocycles. The van der Waals surface area contributed by atoms with Crippen molar-refractivity contribution in [3.63, 3.8) is 0 Å². The van der Waals surface area contributed by atoms with Crippen LogP contribution in [0, 0.1) is 11.6 Å². The smallest absolute Gasteiger partial charge is 0.309 e. The number of carbonyl (C=O) groups excluding carboxylic acids is 2. The quantitative estimate of drug-likeness (QED) is 0.421. The first-order valence-corrected chi connectivity index (χ1v) is 10.6. The Morgan fingerprint density at radius 2 is 1.88 bits per heavy atom. The number of halogens is 2. The molecule has 0 radical (unpaired) electrons. The van der Waals surface area contributed by atoms with E-state index in [1.807, 2.05) is 11.4 Å². The number of carbonyl (C=O) groups is 2. The van der Waals surface area contributed by atoms with Gasteiger partial charge >= 0.3 is 5.91 Å². The van der Waals surface area contributed by atoms with E-state index in [1.165, 1.54) is 59.3 Å². The van der Waals surface area contributed by atoms with Crippen molar-refractivity contribution in [2.45, 2.75) is 13.0 Å². The molecule has 1 atom stereocenters. The van der Waals surface area contributed by atoms with Crippen LogP contribution in [0.15, 0.2) is 66.0 Å². The molecule has 0 saturated heterocycles. The van der Waals surface area contributed by atoms with E-state index in [1.54, 1.807) is 18.2 Å². The van der Waals surface area contributed by atoms with Crippen LogP contribution in [-0.2, 0) is 4.79 Å². The molecule has 33 heavy (non-hydrogen) atoms. The molecular weight excluding hydrogens is 452 g/mol. The Kier molecular flexibility index (Phi) is 6.41. The van der Waals surface area contributed by atoms with E-state index >= 15 is 0 Å². The SMILES string of the molecule is CC(Oc1ccccc1F)C(=O)NNC(=O)c1nc(-c2cccs2)n(-c2cccc(F)c2)n1. The zero-order valence-electron chi connectivity index (χ0n) is 17.2. The highest BCUT2D eigenvalue weighted by atomic mass is 32.1. The monoisotopic (exact) mass is 469 g/mol. The molecule has 0 fully saturated rings. The molecule has 4 rings (SSSR count). The summed E-state index contributed by atoms with van der Waals surface area (Å²) >= 11 is 1.37. The first kappa shape index (κ1) is 22.1. The predicted octanol–water partition coefficient (Wildman–Crippen LogP) is 3.50. The molecule has 0 spiro atoms. The third-order valence-electron chi connectivity index (χ3n) is 4.41. The summed E-state index contributed by atoms with van der Waals surface area (Å²) in [4.78, 5) is 29.8. The van der Waals surface area contributed by atoms with Crippen molar-refractivity contribution in [1.82, 2.24) is 25.6 Å². The molecule has 11 heteroatoms. The van der Waals surface area contributed by atoms with Crippen LogP contribution >= 0.6 is 11.3 Å². The van der Waals surface area contributed by atoms with Crippen LogP contribution < -0.4 is 15.6 Å². The van der Waals surface area contributed by atoms with Crippen molar-refractivity contribution in [2.75, 3.05) is 0 Å². The first-order chi connectivity index (χ1) is 15.9. The van der Waals surface area contributed by atoms with Crippen molar-refractivity contribution in [3.8, 4) is 22.1 Å². The van der Waals surface area contributed by atoms with Gasteiger partial charge < -0.3 is 4.74 Å². The number of hydrogen-bond acceptors (Lipinski definition) is 6. The van der Waals surface area contributed by atoms with E-state index in [-0.39, 0.29) is 11.6 Å². The molecular formula is C22H17F2N5O3S. The number of thiophene rings is 1. The Hall–Kier alpha value is -4.12. The van der Waals surface area contributed by atoms with E-state index in [4.69, 9.17) is 4.74 Å². The summed E-state index contributed by atoms with van der Waals surface area (Å²) in [6, 6.07) is 14.9. The highest BCUT2D eigenvalue weighted by Gasteiger charge is 2.22. The molecule has 2 amide bonds. The Balaban J connectivity index is 1.48. The fourth-order valence-corrected chi connectivity index (χ4v) is 3.52. The average molecular weight is 469 g/mol. The summed E-state index contributed by atoms with van der Waals surface area (Å²) in [6.45, 7) is 1.40. The standard InChI is InChI=1S/C22H17F2N5O3S/c1-13(32-17-9-3-2-8-16(17)24)21(30)26-27-22(31)19-25-20(18-10-5-11-33-18)29(28-19)15-7-4-6-14(23)12-15/h2-13H,1H3,(H,26,30)(H,27,31). The molecule has 0 saturated carbocycles. The maximum absolute atomic E-state index is 13.7. The number of nitrogens with zero attached hydrogens (tertiary/aromatic N) is 3. The van der Waals surface area contributed by atoms with E-state index in [0.717, 1.165) is 0 Å². The molecule has 0 aliphatic carbocycles. The van der Waals surface area contributed by atoms with Gasteiger partial charge in [0.2, 0.25) is 5.82 Å². The van der Waals surface area contributed by atoms with Gasteiger partial charge in [-0.2, -0.15) is 0 Å². The number of nitrogens with one attached hydrogen (secondary N) is 2. The Morgan fingerprint density at radius 1 is 1.06 bits per heavy atom. The van der Waals surface area contributed by atoms with Crippen LogP contribution in [0.3, 0.4) is 0 Å². The molecule has 0 aliphatic heterocycles. The van der Waals surface area contributed by atoms with E-state index in [0.29, 0.717) is 16.4 Å². The van der Waals surface area contributed by atoms with Crippen LogP contribution in [-0.4, -0.2) is 32.7 Å². The van der Waals surface area contributed by atoms with Gasteiger partial charge in [-0.1, -0.05) is 24.3 Å². The predicted molar refractivity (Wildman–Crippen MR) is 117 cm³/mol. The van der Waals surface area contributed by atoms with Gasteiger partial charge in [0.15, 0.2) is 23.5 Å². The summed E-state index contributed by atoms with van der Waals surface area (Å²) in [5, 5.41) is 6.01. The van der Waals surface area contributed by atoms with Gasteiger partial charge in [-0.3, -0.25) is 20.4 Å². The van der Waals surface area contributed by atoms with Crippen molar-refractivity contribution in [2.24, 2.45) is 0 Å². The first-order valence-electron chi connectivity index (χ1n) is 9.70. The molecule has 2 aromatic heterocycles. The van der Waals surface area contributed by atoms with Crippen LogP contribution in [0.2, 0.25) is 0 Å². The number of hydrazine groups is 1. The lowest BCUT2D eigenvalue weighted by molar-refractivity contribution is -0.128. The van der Waals surface area contributed by atoms with Gasteiger partial charge in [-0.15, -0.1) is 16.4 Å². The molecule has 2 aromatic carbocycles. The molecule has 2 N–H and O–H groups in total. The lowest BCUT2D eigenvalue weighted by atomic mass is 10.3. The number of ether oxygens (including phenoxy) is 1. The van der Waals surface area contributed by atoms with Crippen LogP contribution in [0.25, 0.3) is 16.4 Å². The number of hydrogen-bond donors (Lipinski definition) is 2. The maximum Gasteiger partial charge on any atom is 0.309 e. The second-order valence-corrected chi connectivity index (χ2v) is 7.71. The Labute approximate surface area is 190 Å². The normalized spacial score (nSPS) is 11.6. The molecule has 0 aliphatic rings. The van der Waals surface area contributed by atoms with Crippen molar-refractivity contribution in [1.29, 1.82) is 0 Å². The molecule has 1 unspecified atom stereocenters. The summed E-state index contributed by atoms with van der Waals surface area (Å²) < 4.78 is 34.1. The lowest BCUT2D eigenvalue weighted by Gasteiger charge is -2.15. The minimum atomic E-state index is -1.10. The third kappa shape index (κ3) is 5.04. The third-order valence-corrected chi connectivity index (χ3v) is 5.28. The van der Waals surface area contributed by atoms with Gasteiger partial charge in [0, 0.05) is 0 Å². The van der Waals surface area contributed by atoms with E-state index in [2.05, 4.69) is 20.9 Å². The van der Waals surface area contributed by atoms with Crippen LogP contribution in [0.5, 0.6) is 5.75 Å². The minimum Gasteiger partial charge on any atom is -0.478 e. The summed E-state index contributed by atoms with van der Waals surface area (Å²) in [6.07, 6.45) is -1.10. The second kappa shape index (κ2) is 9.57. The van der Waals surface area contributed by atoms with E-state index < -0.39 is 29.6 Å². The number of aromatic nitrogens is 3. The fourth-order valence-electron chi connectivity index (χ4n) is 2.82. The van der Waals surface area contributed by atoms with Crippen molar-refractivity contribution in [3.05, 3.63) is 83.5 Å². The highest BCUT2D eigenvalue weighted by molar-refractivity contribution is 7.13. The number of para-hydroxylation sites is 1. The van der Waals surface area contributed by atoms with Crippen molar-refractivity contribution < 1.29 is 23.1 Å². The maximum atomic E-state index is 13.7. The zero-order valence-corrected chi connectivity index (χ0v) is 18.0. The Morgan fingerprint density at radius 3 is 2.61 bits per heavy atom. The van der Waals surface area contributed by atoms with Crippen LogP contribution in [0.4, 0.5) is 8.78 Å². The second-order valence-electron chi connectivity index (χ2n) is 6.76. The number of benzene rings is 2. The summed E-state index contributed by atoms with van der Waals surface area (Å²) in [5.74, 6) is -2.60. The van der Waals surface area contributed by atoms with Crippen LogP contribution in [0.1, 0.15) is 17.5 Å². The zero-order chi connectivity index (χ0) is 23.4. The highest BCUT2D eigenvalue weighted by Crippen LogP contribution is 2.25. The minimum absolute atomic E-state index is 0.0948. The van der Waals surface area contributed by atoms with Gasteiger partial charge in [-0.05, 0) is 48.7 Å². The summed E-state index contributed by atoms with van der Waals surface area (Å²) in [5.41, 5.74) is 4.78. The van der Waals surface area contributed by atoms with Gasteiger partial charge in [0.05, 0.1) is 10.6 Å². The molecule has 8 nitrogen and oxygen atoms in total. The lowest BCUT2D eigenvalue weighted by Crippen LogP contribution is -2.47. The largest absolute Gasteiger partial charge is 0.478 e. The average Bonchev–Trinajstić information content (AvgIpc) is 3.48. The molecule has 4 aromatic rings. The molecule has 168 valence electrons. The number of rotatable bonds is 6. The van der Waals surface area contributed by atoms with Crippen molar-refractivity contribution >= 4 is 23.2 Å². The van der Waals surface area contributed by atoms with Gasteiger partial charge in [0.1, 0.15) is 5.82 Å². The van der Waals surface area contributed by atoms with E-state index in [9.17, 15) is 18.4 Å². The number of amides is 2. The fraction of sp³-hybridized carbons (Fsp3) is 0.0909. The van der Waals surface area contributed by atoms with Gasteiger partial charge in [-0.25, -0.2) is 18.4 Å². The summed E-state index contributed by atoms with van der Waals surface area (Å²) in [7, 11) is 0. The Bertz CT molecular complexity index is 1290. The van der Waals surface area contributed by atoms with Gasteiger partial charge in [0.25, 0.3) is 5.91 Å². The molecule has 0 bridgehead atoms.